The first-order valence-electron chi connectivity index (χ1n) is 5.78. The predicted molar refractivity (Wildman–Crippen MR) is 56.1 cm³/mol. The van der Waals surface area contributed by atoms with E-state index in [2.05, 4.69) is 9.97 Å². The van der Waals surface area contributed by atoms with Gasteiger partial charge < -0.3 is 5.11 Å². The standard InChI is InChI=1S/C12H16N2O/c15-7-9-5-13-12(14-6-9)11-4-8-1-2-10(11)3-8/h5-6,8,10-11,15H,1-4,7H2. The van der Waals surface area contributed by atoms with E-state index in [1.165, 1.54) is 25.7 Å². The fourth-order valence-electron chi connectivity index (χ4n) is 3.20. The van der Waals surface area contributed by atoms with Gasteiger partial charge in [0.1, 0.15) is 5.82 Å². The molecular weight excluding hydrogens is 188 g/mol. The number of nitrogens with zero attached hydrogens (tertiary/aromatic N) is 2. The predicted octanol–water partition coefficient (Wildman–Crippen LogP) is 1.87. The van der Waals surface area contributed by atoms with Crippen molar-refractivity contribution in [3.05, 3.63) is 23.8 Å². The van der Waals surface area contributed by atoms with Crippen LogP contribution < -0.4 is 0 Å². The van der Waals surface area contributed by atoms with Crippen LogP contribution in [0.2, 0.25) is 0 Å². The molecule has 3 unspecified atom stereocenters. The minimum absolute atomic E-state index is 0.0387. The van der Waals surface area contributed by atoms with Crippen molar-refractivity contribution in [3.63, 3.8) is 0 Å². The number of aliphatic hydroxyl groups is 1. The molecule has 3 nitrogen and oxygen atoms in total. The summed E-state index contributed by atoms with van der Waals surface area (Å²) in [7, 11) is 0. The highest BCUT2D eigenvalue weighted by Crippen LogP contribution is 2.51. The first-order chi connectivity index (χ1) is 7.36. The maximum Gasteiger partial charge on any atom is 0.131 e. The van der Waals surface area contributed by atoms with E-state index < -0.39 is 0 Å². The third-order valence-corrected chi connectivity index (χ3v) is 3.98. The highest BCUT2D eigenvalue weighted by atomic mass is 16.3. The number of hydrogen-bond donors (Lipinski definition) is 1. The second-order valence-electron chi connectivity index (χ2n) is 4.89. The van der Waals surface area contributed by atoms with Crippen molar-refractivity contribution in [1.82, 2.24) is 9.97 Å². The van der Waals surface area contributed by atoms with Crippen LogP contribution in [0.1, 0.15) is 43.0 Å². The number of fused-ring (bicyclic) bond motifs is 2. The van der Waals surface area contributed by atoms with E-state index in [4.69, 9.17) is 5.11 Å². The first kappa shape index (κ1) is 9.28. The summed E-state index contributed by atoms with van der Waals surface area (Å²) in [6, 6.07) is 0. The van der Waals surface area contributed by atoms with Crippen molar-refractivity contribution < 1.29 is 5.11 Å². The Morgan fingerprint density at radius 2 is 2.00 bits per heavy atom. The van der Waals surface area contributed by atoms with Crippen molar-refractivity contribution in [3.8, 4) is 0 Å². The lowest BCUT2D eigenvalue weighted by Crippen LogP contribution is -2.12. The molecule has 1 aromatic heterocycles. The van der Waals surface area contributed by atoms with Crippen LogP contribution in [-0.4, -0.2) is 15.1 Å². The molecule has 0 aliphatic heterocycles. The van der Waals surface area contributed by atoms with Gasteiger partial charge in [0.25, 0.3) is 0 Å². The average molecular weight is 204 g/mol. The lowest BCUT2D eigenvalue weighted by molar-refractivity contribution is 0.280. The van der Waals surface area contributed by atoms with Gasteiger partial charge in [-0.1, -0.05) is 6.42 Å². The zero-order valence-corrected chi connectivity index (χ0v) is 8.76. The summed E-state index contributed by atoms with van der Waals surface area (Å²) in [6.07, 6.45) is 8.96. The fraction of sp³-hybridized carbons (Fsp3) is 0.667. The molecule has 0 radical (unpaired) electrons. The van der Waals surface area contributed by atoms with E-state index in [9.17, 15) is 0 Å². The second-order valence-corrected chi connectivity index (χ2v) is 4.89. The number of aromatic nitrogens is 2. The molecule has 2 aliphatic carbocycles. The third kappa shape index (κ3) is 1.55. The Morgan fingerprint density at radius 1 is 1.20 bits per heavy atom. The van der Waals surface area contributed by atoms with Crippen molar-refractivity contribution in [1.29, 1.82) is 0 Å². The molecule has 0 spiro atoms. The molecule has 3 rings (SSSR count). The second kappa shape index (κ2) is 3.56. The van der Waals surface area contributed by atoms with Crippen LogP contribution in [0.3, 0.4) is 0 Å². The molecule has 0 aromatic carbocycles. The molecule has 2 saturated carbocycles. The molecule has 1 heterocycles. The lowest BCUT2D eigenvalue weighted by Gasteiger charge is -2.19. The molecule has 15 heavy (non-hydrogen) atoms. The zero-order chi connectivity index (χ0) is 10.3. The Balaban J connectivity index is 1.81. The van der Waals surface area contributed by atoms with Gasteiger partial charge in [-0.3, -0.25) is 0 Å². The van der Waals surface area contributed by atoms with Crippen LogP contribution >= 0.6 is 0 Å². The SMILES string of the molecule is OCc1cnc(C2CC3CCC2C3)nc1. The van der Waals surface area contributed by atoms with E-state index in [0.29, 0.717) is 5.92 Å². The van der Waals surface area contributed by atoms with Crippen LogP contribution in [0.15, 0.2) is 12.4 Å². The van der Waals surface area contributed by atoms with E-state index >= 15 is 0 Å². The molecule has 0 amide bonds. The van der Waals surface area contributed by atoms with Gasteiger partial charge >= 0.3 is 0 Å². The van der Waals surface area contributed by atoms with Crippen molar-refractivity contribution >= 4 is 0 Å². The van der Waals surface area contributed by atoms with Gasteiger partial charge in [0.2, 0.25) is 0 Å². The Labute approximate surface area is 89.6 Å². The quantitative estimate of drug-likeness (QED) is 0.800. The molecule has 1 N–H and O–H groups in total. The van der Waals surface area contributed by atoms with Gasteiger partial charge in [-0.15, -0.1) is 0 Å². The molecule has 0 saturated heterocycles. The zero-order valence-electron chi connectivity index (χ0n) is 8.76. The van der Waals surface area contributed by atoms with Crippen molar-refractivity contribution in [2.24, 2.45) is 11.8 Å². The van der Waals surface area contributed by atoms with Crippen molar-refractivity contribution in [2.45, 2.75) is 38.2 Å². The van der Waals surface area contributed by atoms with Crippen molar-refractivity contribution in [2.75, 3.05) is 0 Å². The van der Waals surface area contributed by atoms with Crippen LogP contribution in [-0.2, 0) is 6.61 Å². The molecule has 3 atom stereocenters. The monoisotopic (exact) mass is 204 g/mol. The normalized spacial score (nSPS) is 33.5. The minimum atomic E-state index is 0.0387. The molecule has 2 aliphatic rings. The molecule has 1 aromatic rings. The van der Waals surface area contributed by atoms with E-state index in [-0.39, 0.29) is 6.61 Å². The molecule has 80 valence electrons. The number of hydrogen-bond acceptors (Lipinski definition) is 3. The third-order valence-electron chi connectivity index (χ3n) is 3.98. The van der Waals surface area contributed by atoms with Gasteiger partial charge in [0.05, 0.1) is 6.61 Å². The van der Waals surface area contributed by atoms with E-state index in [0.717, 1.165) is 23.2 Å². The smallest absolute Gasteiger partial charge is 0.131 e. The first-order valence-corrected chi connectivity index (χ1v) is 5.78. The van der Waals surface area contributed by atoms with Gasteiger partial charge in [0, 0.05) is 23.9 Å². The van der Waals surface area contributed by atoms with E-state index in [1.807, 2.05) is 0 Å². The summed E-state index contributed by atoms with van der Waals surface area (Å²) in [5.74, 6) is 3.35. The highest BCUT2D eigenvalue weighted by Gasteiger charge is 2.41. The Bertz CT molecular complexity index is 349. The summed E-state index contributed by atoms with van der Waals surface area (Å²) in [6.45, 7) is 0.0387. The summed E-state index contributed by atoms with van der Waals surface area (Å²) in [5, 5.41) is 8.92. The van der Waals surface area contributed by atoms with E-state index in [1.54, 1.807) is 12.4 Å². The maximum atomic E-state index is 8.92. The average Bonchev–Trinajstić information content (AvgIpc) is 2.91. The minimum Gasteiger partial charge on any atom is -0.392 e. The highest BCUT2D eigenvalue weighted by molar-refractivity contribution is 5.10. The van der Waals surface area contributed by atoms with Gasteiger partial charge in [0.15, 0.2) is 0 Å². The summed E-state index contributed by atoms with van der Waals surface area (Å²) in [4.78, 5) is 8.76. The molecule has 2 fully saturated rings. The summed E-state index contributed by atoms with van der Waals surface area (Å²) in [5.41, 5.74) is 0.807. The summed E-state index contributed by atoms with van der Waals surface area (Å²) < 4.78 is 0. The van der Waals surface area contributed by atoms with Crippen LogP contribution in [0, 0.1) is 11.8 Å². The lowest BCUT2D eigenvalue weighted by atomic mass is 9.88. The Hall–Kier alpha value is -0.960. The number of aliphatic hydroxyl groups excluding tert-OH is 1. The van der Waals surface area contributed by atoms with Crippen LogP contribution in [0.25, 0.3) is 0 Å². The Kier molecular flexibility index (Phi) is 2.20. The fourth-order valence-corrected chi connectivity index (χ4v) is 3.20. The van der Waals surface area contributed by atoms with Gasteiger partial charge in [-0.2, -0.15) is 0 Å². The molecule has 2 bridgehead atoms. The number of rotatable bonds is 2. The van der Waals surface area contributed by atoms with Crippen LogP contribution in [0.4, 0.5) is 0 Å². The van der Waals surface area contributed by atoms with Gasteiger partial charge in [-0.05, 0) is 31.1 Å². The maximum absolute atomic E-state index is 8.92. The Morgan fingerprint density at radius 3 is 2.53 bits per heavy atom. The van der Waals surface area contributed by atoms with Gasteiger partial charge in [-0.25, -0.2) is 9.97 Å². The summed E-state index contributed by atoms with van der Waals surface area (Å²) >= 11 is 0. The largest absolute Gasteiger partial charge is 0.392 e. The molecular formula is C12H16N2O. The molecule has 3 heteroatoms. The van der Waals surface area contributed by atoms with Crippen LogP contribution in [0.5, 0.6) is 0 Å². The topological polar surface area (TPSA) is 46.0 Å².